The minimum absolute atomic E-state index is 0.000186. The Morgan fingerprint density at radius 2 is 1.19 bits per heavy atom. The first-order valence-electron chi connectivity index (χ1n) is 28.9. The Morgan fingerprint density at radius 1 is 0.647 bits per heavy atom. The molecule has 1 unspecified atom stereocenters. The summed E-state index contributed by atoms with van der Waals surface area (Å²) >= 11 is 0. The number of aromatic nitrogens is 4. The van der Waals surface area contributed by atoms with Crippen LogP contribution >= 0.6 is 0 Å². The smallest absolute Gasteiger partial charge is 0.421 e. The number of hydrogen-bond donors (Lipinski definition) is 0. The summed E-state index contributed by atoms with van der Waals surface area (Å²) < 4.78 is 118. The number of anilines is 4. The molecule has 6 aliphatic heterocycles. The van der Waals surface area contributed by atoms with Gasteiger partial charge in [-0.1, -0.05) is 25.3 Å². The van der Waals surface area contributed by atoms with Gasteiger partial charge in [0.05, 0.1) is 72.8 Å². The molecular formula is C60H69F7N14O4. The number of ether oxygens (including phenoxy) is 2. The Kier molecular flexibility index (Phi) is 18.1. The normalized spacial score (nSPS) is 22.5. The van der Waals surface area contributed by atoms with Gasteiger partial charge >= 0.3 is 24.4 Å². The van der Waals surface area contributed by atoms with Crippen molar-refractivity contribution < 1.29 is 49.8 Å². The van der Waals surface area contributed by atoms with Crippen molar-refractivity contribution in [2.24, 2.45) is 0 Å². The number of carbonyl (C=O) groups is 2. The Bertz CT molecular complexity index is 3240. The van der Waals surface area contributed by atoms with E-state index in [-0.39, 0.29) is 126 Å². The molecule has 25 heteroatoms. The molecule has 5 atom stereocenters. The zero-order chi connectivity index (χ0) is 60.3. The van der Waals surface area contributed by atoms with Crippen molar-refractivity contribution in [3.05, 3.63) is 107 Å². The fourth-order valence-electron chi connectivity index (χ4n) is 13.1. The molecule has 85 heavy (non-hydrogen) atoms. The molecule has 0 saturated carbocycles. The molecule has 0 bridgehead atoms. The zero-order valence-corrected chi connectivity index (χ0v) is 47.7. The van der Waals surface area contributed by atoms with E-state index in [9.17, 15) is 33.3 Å². The molecular weight excluding hydrogens is 1110 g/mol. The van der Waals surface area contributed by atoms with Crippen molar-refractivity contribution in [1.29, 1.82) is 10.5 Å². The van der Waals surface area contributed by atoms with Gasteiger partial charge in [0, 0.05) is 87.8 Å². The molecule has 4 saturated heterocycles. The summed E-state index contributed by atoms with van der Waals surface area (Å²) in [4.78, 5) is 59.8. The van der Waals surface area contributed by atoms with E-state index in [4.69, 9.17) is 29.4 Å². The van der Waals surface area contributed by atoms with Crippen molar-refractivity contribution in [3.63, 3.8) is 0 Å². The lowest BCUT2D eigenvalue weighted by atomic mass is 9.93. The van der Waals surface area contributed by atoms with Gasteiger partial charge in [-0.05, 0) is 113 Å². The van der Waals surface area contributed by atoms with E-state index in [1.165, 1.54) is 35.3 Å². The van der Waals surface area contributed by atoms with Crippen LogP contribution in [0.15, 0.2) is 61.7 Å². The lowest BCUT2D eigenvalue weighted by Crippen LogP contribution is -2.55. The van der Waals surface area contributed by atoms with Crippen LogP contribution in [0.25, 0.3) is 0 Å². The average Bonchev–Trinajstić information content (AvgIpc) is 3.29. The van der Waals surface area contributed by atoms with Gasteiger partial charge in [-0.2, -0.15) is 56.8 Å². The largest absolute Gasteiger partial charge is 0.462 e. The summed E-state index contributed by atoms with van der Waals surface area (Å²) in [7, 11) is 3.84. The summed E-state index contributed by atoms with van der Waals surface area (Å²) in [6.45, 7) is 10.7. The molecule has 2 amide bonds. The number of rotatable bonds is 15. The zero-order valence-electron chi connectivity index (χ0n) is 47.7. The van der Waals surface area contributed by atoms with Crippen molar-refractivity contribution in [2.75, 3.05) is 112 Å². The van der Waals surface area contributed by atoms with Gasteiger partial charge in [0.2, 0.25) is 11.8 Å². The monoisotopic (exact) mass is 1180 g/mol. The first kappa shape index (κ1) is 60.4. The van der Waals surface area contributed by atoms with Crippen molar-refractivity contribution in [1.82, 2.24) is 39.5 Å². The van der Waals surface area contributed by atoms with Crippen LogP contribution in [-0.2, 0) is 47.9 Å². The standard InChI is InChI=1S/C60H69F7N14O4/c1-5-52(82)80-26-24-78(32-40(80)17-19-68)55-44-13-10-22-76(50-16-8-7-15-46(50)59(62,63)64)34-48(44)70-58(73-55)85-37-43-28-39(31-75(43)4)38-29-47(61)54(60(65,66)67)51(30-38)77-23-11-14-45-49(35-77)71-57(84-36-42-12-9-21-74(42)3)72-56(45)79-25-27-81(53(83)6-2)41(33-79)18-20-69/h5-8,15-16,29-30,39-43H,1-2,9-14,17-18,21-28,31-37H2,3-4H3/t39?,40-,41-,42-,43-/m0/s1. The molecule has 0 aliphatic carbocycles. The summed E-state index contributed by atoms with van der Waals surface area (Å²) in [5.41, 5.74) is 0.112. The highest BCUT2D eigenvalue weighted by Crippen LogP contribution is 2.45. The number of likely N-dealkylation sites (N-methyl/N-ethyl adjacent to an activating group) is 2. The van der Waals surface area contributed by atoms with E-state index in [0.717, 1.165) is 31.5 Å². The van der Waals surface area contributed by atoms with Gasteiger partial charge in [-0.15, -0.1) is 0 Å². The predicted octanol–water partition coefficient (Wildman–Crippen LogP) is 7.92. The number of nitriles is 2. The number of amides is 2. The number of fused-ring (bicyclic) bond motifs is 2. The minimum atomic E-state index is -5.08. The van der Waals surface area contributed by atoms with Crippen LogP contribution in [0.4, 0.5) is 53.7 Å². The van der Waals surface area contributed by atoms with Crippen LogP contribution < -0.4 is 29.1 Å². The van der Waals surface area contributed by atoms with E-state index in [1.54, 1.807) is 20.8 Å². The molecule has 0 N–H and O–H groups in total. The maximum atomic E-state index is 16.5. The number of benzene rings is 2. The van der Waals surface area contributed by atoms with Crippen molar-refractivity contribution in [2.45, 2.75) is 113 Å². The van der Waals surface area contributed by atoms with Crippen molar-refractivity contribution in [3.8, 4) is 24.2 Å². The number of likely N-dealkylation sites (tertiary alicyclic amines) is 2. The highest BCUT2D eigenvalue weighted by Gasteiger charge is 2.43. The third-order valence-corrected chi connectivity index (χ3v) is 17.5. The maximum absolute atomic E-state index is 16.5. The predicted molar refractivity (Wildman–Crippen MR) is 302 cm³/mol. The summed E-state index contributed by atoms with van der Waals surface area (Å²) in [6.07, 6.45) is -3.38. The lowest BCUT2D eigenvalue weighted by molar-refractivity contribution is -0.139. The van der Waals surface area contributed by atoms with Gasteiger partial charge in [0.25, 0.3) is 0 Å². The maximum Gasteiger partial charge on any atom is 0.421 e. The van der Waals surface area contributed by atoms with Crippen molar-refractivity contribution >= 4 is 34.8 Å². The number of alkyl halides is 6. The number of nitrogens with zero attached hydrogens (tertiary/aromatic N) is 14. The topological polar surface area (TPSA) is 178 Å². The van der Waals surface area contributed by atoms with E-state index >= 15 is 17.6 Å². The van der Waals surface area contributed by atoms with Crippen LogP contribution in [0.1, 0.15) is 90.1 Å². The highest BCUT2D eigenvalue weighted by atomic mass is 19.4. The molecule has 0 radical (unpaired) electrons. The molecule has 6 aliphatic rings. The van der Waals surface area contributed by atoms with Gasteiger partial charge in [-0.3, -0.25) is 14.5 Å². The molecule has 4 fully saturated rings. The SMILES string of the molecule is C=CC(=O)N1CCN(c2nc(OC[C@@H]3CC(c4cc(F)c(C(F)(F)F)c(N5CCCc6c(nc(OC[C@@H]7CCCN7C)nc6N6CCN(C(=O)C=C)[C@@H](CC#N)C6)C5)c4)CN3C)nc3c2CCCN(c2ccccc2C(F)(F)F)C3)C[C@@H]1CC#N. The Labute approximate surface area is 489 Å². The Balaban J connectivity index is 0.932. The quantitative estimate of drug-likeness (QED) is 0.0828. The van der Waals surface area contributed by atoms with Gasteiger partial charge in [0.15, 0.2) is 0 Å². The third-order valence-electron chi connectivity index (χ3n) is 17.5. The lowest BCUT2D eigenvalue weighted by Gasteiger charge is -2.41. The molecule has 10 rings (SSSR count). The molecule has 2 aromatic carbocycles. The summed E-state index contributed by atoms with van der Waals surface area (Å²) in [6, 6.07) is 10.8. The second kappa shape index (κ2) is 25.4. The molecule has 4 aromatic rings. The second-order valence-corrected chi connectivity index (χ2v) is 22.8. The second-order valence-electron chi connectivity index (χ2n) is 22.8. The molecule has 2 aromatic heterocycles. The van der Waals surface area contributed by atoms with E-state index in [1.807, 2.05) is 28.8 Å². The fraction of sp³-hybridized carbons (Fsp3) is 0.533. The van der Waals surface area contributed by atoms with E-state index < -0.39 is 47.3 Å². The molecule has 452 valence electrons. The number of carbonyl (C=O) groups excluding carboxylic acids is 2. The third kappa shape index (κ3) is 13.1. The number of halogens is 7. The van der Waals surface area contributed by atoms with Crippen LogP contribution in [0.3, 0.4) is 0 Å². The number of para-hydroxylation sites is 1. The average molecular weight is 1180 g/mol. The first-order valence-corrected chi connectivity index (χ1v) is 28.9. The first-order chi connectivity index (χ1) is 40.8. The van der Waals surface area contributed by atoms with Gasteiger partial charge in [0.1, 0.15) is 36.2 Å². The Hall–Kier alpha value is -7.77. The minimum Gasteiger partial charge on any atom is -0.462 e. The van der Waals surface area contributed by atoms with Crippen LogP contribution in [0.5, 0.6) is 12.0 Å². The van der Waals surface area contributed by atoms with Gasteiger partial charge < -0.3 is 43.8 Å². The van der Waals surface area contributed by atoms with E-state index in [0.29, 0.717) is 91.5 Å². The molecule has 18 nitrogen and oxygen atoms in total. The van der Waals surface area contributed by atoms with Crippen LogP contribution in [0.2, 0.25) is 0 Å². The van der Waals surface area contributed by atoms with Gasteiger partial charge in [-0.25, -0.2) is 4.39 Å². The fourth-order valence-corrected chi connectivity index (χ4v) is 13.1. The van der Waals surface area contributed by atoms with Crippen LogP contribution in [0, 0.1) is 28.5 Å². The van der Waals surface area contributed by atoms with E-state index in [2.05, 4.69) is 30.2 Å². The highest BCUT2D eigenvalue weighted by molar-refractivity contribution is 5.88. The summed E-state index contributed by atoms with van der Waals surface area (Å²) in [5.74, 6) is -1.51. The number of piperazine rings is 2. The molecule has 0 spiro atoms. The van der Waals surface area contributed by atoms with Crippen LogP contribution in [-0.4, -0.2) is 168 Å². The summed E-state index contributed by atoms with van der Waals surface area (Å²) in [5, 5.41) is 19.6. The Morgan fingerprint density at radius 3 is 1.69 bits per heavy atom. The number of hydrogen-bond acceptors (Lipinski definition) is 16. The molecule has 8 heterocycles.